The maximum Gasteiger partial charge on any atom is 0.0998 e. The Morgan fingerprint density at radius 3 is 1.75 bits per heavy atom. The van der Waals surface area contributed by atoms with Gasteiger partial charge in [-0.15, -0.1) is 0 Å². The fraction of sp³-hybridized carbons (Fsp3) is 0. The molecular formula is C23H17N. The quantitative estimate of drug-likeness (QED) is 0.550. The van der Waals surface area contributed by atoms with E-state index in [1.165, 1.54) is 0 Å². The molecule has 24 heavy (non-hydrogen) atoms. The van der Waals surface area contributed by atoms with E-state index in [9.17, 15) is 5.26 Å². The minimum Gasteiger partial charge on any atom is -0.192 e. The first-order valence-electron chi connectivity index (χ1n) is 7.86. The molecule has 3 rings (SSSR count). The average molecular weight is 307 g/mol. The van der Waals surface area contributed by atoms with Crippen molar-refractivity contribution in [1.82, 2.24) is 0 Å². The van der Waals surface area contributed by atoms with Gasteiger partial charge < -0.3 is 0 Å². The van der Waals surface area contributed by atoms with Gasteiger partial charge in [0.1, 0.15) is 0 Å². The van der Waals surface area contributed by atoms with Crippen molar-refractivity contribution < 1.29 is 0 Å². The second kappa shape index (κ2) is 7.76. The molecular weight excluding hydrogens is 290 g/mol. The minimum absolute atomic E-state index is 0.678. The molecule has 0 radical (unpaired) electrons. The zero-order chi connectivity index (χ0) is 16.6. The van der Waals surface area contributed by atoms with Crippen LogP contribution in [0.5, 0.6) is 0 Å². The van der Waals surface area contributed by atoms with E-state index in [-0.39, 0.29) is 0 Å². The molecule has 0 spiro atoms. The van der Waals surface area contributed by atoms with Gasteiger partial charge in [-0.1, -0.05) is 97.1 Å². The van der Waals surface area contributed by atoms with Crippen molar-refractivity contribution >= 4 is 24.3 Å². The van der Waals surface area contributed by atoms with Gasteiger partial charge in [-0.25, -0.2) is 0 Å². The highest BCUT2D eigenvalue weighted by Gasteiger charge is 2.03. The van der Waals surface area contributed by atoms with Crippen molar-refractivity contribution in [2.75, 3.05) is 0 Å². The molecule has 0 unspecified atom stereocenters. The molecule has 0 aliphatic carbocycles. The van der Waals surface area contributed by atoms with E-state index < -0.39 is 0 Å². The predicted octanol–water partition coefficient (Wildman–Crippen LogP) is 5.90. The molecule has 0 heterocycles. The second-order valence-electron chi connectivity index (χ2n) is 5.41. The number of benzene rings is 3. The van der Waals surface area contributed by atoms with E-state index in [0.29, 0.717) is 5.56 Å². The van der Waals surface area contributed by atoms with E-state index in [1.54, 1.807) is 0 Å². The lowest BCUT2D eigenvalue weighted by Crippen LogP contribution is -1.87. The molecule has 0 aliphatic heterocycles. The van der Waals surface area contributed by atoms with E-state index in [2.05, 4.69) is 30.4 Å². The smallest absolute Gasteiger partial charge is 0.0998 e. The highest BCUT2D eigenvalue weighted by molar-refractivity contribution is 5.81. The second-order valence-corrected chi connectivity index (χ2v) is 5.41. The first kappa shape index (κ1) is 15.5. The van der Waals surface area contributed by atoms with Crippen LogP contribution in [0.4, 0.5) is 0 Å². The van der Waals surface area contributed by atoms with Gasteiger partial charge in [-0.05, 0) is 28.3 Å². The molecule has 0 saturated carbocycles. The van der Waals surface area contributed by atoms with Crippen molar-refractivity contribution in [1.29, 1.82) is 5.26 Å². The van der Waals surface area contributed by atoms with Gasteiger partial charge in [0.25, 0.3) is 0 Å². The fourth-order valence-corrected chi connectivity index (χ4v) is 2.51. The number of nitriles is 1. The monoisotopic (exact) mass is 307 g/mol. The van der Waals surface area contributed by atoms with E-state index in [1.807, 2.05) is 78.9 Å². The minimum atomic E-state index is 0.678. The molecule has 0 saturated heterocycles. The Bertz CT molecular complexity index is 898. The lowest BCUT2D eigenvalue weighted by atomic mass is 9.99. The molecule has 3 aromatic carbocycles. The van der Waals surface area contributed by atoms with Crippen LogP contribution in [-0.2, 0) is 0 Å². The summed E-state index contributed by atoms with van der Waals surface area (Å²) in [5, 5.41) is 9.42. The average Bonchev–Trinajstić information content (AvgIpc) is 2.66. The van der Waals surface area contributed by atoms with Gasteiger partial charge in [0, 0.05) is 0 Å². The summed E-state index contributed by atoms with van der Waals surface area (Å²) in [5.41, 5.74) is 4.90. The van der Waals surface area contributed by atoms with Crippen molar-refractivity contribution in [3.8, 4) is 6.07 Å². The molecule has 0 atom stereocenters. The van der Waals surface area contributed by atoms with Crippen molar-refractivity contribution in [3.63, 3.8) is 0 Å². The van der Waals surface area contributed by atoms with Gasteiger partial charge >= 0.3 is 0 Å². The van der Waals surface area contributed by atoms with Gasteiger partial charge in [-0.2, -0.15) is 5.26 Å². The third-order valence-corrected chi connectivity index (χ3v) is 3.76. The highest BCUT2D eigenvalue weighted by Crippen LogP contribution is 2.20. The predicted molar refractivity (Wildman–Crippen MR) is 102 cm³/mol. The van der Waals surface area contributed by atoms with Gasteiger partial charge in [-0.3, -0.25) is 0 Å². The Morgan fingerprint density at radius 1 is 0.583 bits per heavy atom. The Labute approximate surface area is 142 Å². The first-order valence-corrected chi connectivity index (χ1v) is 7.86. The van der Waals surface area contributed by atoms with Crippen LogP contribution in [0.3, 0.4) is 0 Å². The lowest BCUT2D eigenvalue weighted by Gasteiger charge is -2.04. The number of nitrogens with zero attached hydrogens (tertiary/aromatic N) is 1. The standard InChI is InChI=1S/C23H17N/c24-18-22-13-7-12-21(16-14-19-8-3-1-4-9-19)23(22)17-15-20-10-5-2-6-11-20/h1-17H/b16-14+,17-15+. The van der Waals surface area contributed by atoms with E-state index >= 15 is 0 Å². The van der Waals surface area contributed by atoms with Crippen LogP contribution in [0, 0.1) is 11.3 Å². The summed E-state index contributed by atoms with van der Waals surface area (Å²) >= 11 is 0. The Hall–Kier alpha value is -3.37. The summed E-state index contributed by atoms with van der Waals surface area (Å²) in [5.74, 6) is 0. The van der Waals surface area contributed by atoms with Crippen LogP contribution in [0.1, 0.15) is 27.8 Å². The molecule has 0 aliphatic rings. The normalized spacial score (nSPS) is 11.0. The van der Waals surface area contributed by atoms with Gasteiger partial charge in [0.15, 0.2) is 0 Å². The van der Waals surface area contributed by atoms with Crippen molar-refractivity contribution in [2.24, 2.45) is 0 Å². The lowest BCUT2D eigenvalue weighted by molar-refractivity contribution is 1.46. The maximum absolute atomic E-state index is 9.42. The van der Waals surface area contributed by atoms with Crippen LogP contribution >= 0.6 is 0 Å². The molecule has 0 amide bonds. The summed E-state index contributed by atoms with van der Waals surface area (Å²) in [6.07, 6.45) is 8.17. The van der Waals surface area contributed by atoms with Crippen LogP contribution in [-0.4, -0.2) is 0 Å². The summed E-state index contributed by atoms with van der Waals surface area (Å²) in [7, 11) is 0. The topological polar surface area (TPSA) is 23.8 Å². The largest absolute Gasteiger partial charge is 0.192 e. The Morgan fingerprint density at radius 2 is 1.17 bits per heavy atom. The summed E-state index contributed by atoms with van der Waals surface area (Å²) in [4.78, 5) is 0. The molecule has 3 aromatic rings. The Kier molecular flexibility index (Phi) is 5.02. The molecule has 114 valence electrons. The van der Waals surface area contributed by atoms with Crippen LogP contribution in [0.2, 0.25) is 0 Å². The molecule has 0 fully saturated rings. The van der Waals surface area contributed by atoms with Crippen LogP contribution in [0.15, 0.2) is 78.9 Å². The zero-order valence-corrected chi connectivity index (χ0v) is 13.3. The molecule has 0 bridgehead atoms. The highest BCUT2D eigenvalue weighted by atomic mass is 14.2. The zero-order valence-electron chi connectivity index (χ0n) is 13.3. The third kappa shape index (κ3) is 3.88. The fourth-order valence-electron chi connectivity index (χ4n) is 2.51. The molecule has 0 N–H and O–H groups in total. The van der Waals surface area contributed by atoms with Crippen molar-refractivity contribution in [3.05, 3.63) is 107 Å². The molecule has 1 nitrogen and oxygen atoms in total. The summed E-state index contributed by atoms with van der Waals surface area (Å²) < 4.78 is 0. The third-order valence-electron chi connectivity index (χ3n) is 3.76. The first-order chi connectivity index (χ1) is 11.9. The molecule has 0 aromatic heterocycles. The summed E-state index contributed by atoms with van der Waals surface area (Å²) in [6.45, 7) is 0. The van der Waals surface area contributed by atoms with Gasteiger partial charge in [0.05, 0.1) is 11.6 Å². The van der Waals surface area contributed by atoms with E-state index in [4.69, 9.17) is 0 Å². The van der Waals surface area contributed by atoms with Crippen molar-refractivity contribution in [2.45, 2.75) is 0 Å². The van der Waals surface area contributed by atoms with Crippen LogP contribution < -0.4 is 0 Å². The number of hydrogen-bond acceptors (Lipinski definition) is 1. The van der Waals surface area contributed by atoms with Gasteiger partial charge in [0.2, 0.25) is 0 Å². The number of hydrogen-bond donors (Lipinski definition) is 0. The number of rotatable bonds is 4. The maximum atomic E-state index is 9.42. The van der Waals surface area contributed by atoms with Crippen LogP contribution in [0.25, 0.3) is 24.3 Å². The summed E-state index contributed by atoms with van der Waals surface area (Å²) in [6, 6.07) is 28.3. The van der Waals surface area contributed by atoms with E-state index in [0.717, 1.165) is 22.3 Å². The SMILES string of the molecule is N#Cc1cccc(/C=C/c2ccccc2)c1/C=C/c1ccccc1. The molecule has 1 heteroatoms. The Balaban J connectivity index is 1.97.